The summed E-state index contributed by atoms with van der Waals surface area (Å²) in [5.74, 6) is -0.102. The molecule has 0 aliphatic carbocycles. The molecule has 0 bridgehead atoms. The van der Waals surface area contributed by atoms with Crippen molar-refractivity contribution in [2.24, 2.45) is 10.2 Å². The molecule has 0 aromatic heterocycles. The fraction of sp³-hybridized carbons (Fsp3) is 0. The zero-order valence-corrected chi connectivity index (χ0v) is 15.6. The Morgan fingerprint density at radius 1 is 0.724 bits per heavy atom. The van der Waals surface area contributed by atoms with Crippen LogP contribution in [0.3, 0.4) is 0 Å². The summed E-state index contributed by atoms with van der Waals surface area (Å²) >= 11 is 0. The summed E-state index contributed by atoms with van der Waals surface area (Å²) in [5.41, 5.74) is 2.03. The number of aromatic hydroxyl groups is 1. The van der Waals surface area contributed by atoms with Gasteiger partial charge in [0.1, 0.15) is 11.5 Å². The first-order chi connectivity index (χ1) is 14.2. The van der Waals surface area contributed by atoms with Crippen LogP contribution >= 0.6 is 0 Å². The highest BCUT2D eigenvalue weighted by atomic mass is 16.3. The van der Waals surface area contributed by atoms with Crippen molar-refractivity contribution in [3.63, 3.8) is 0 Å². The van der Waals surface area contributed by atoms with E-state index in [9.17, 15) is 9.90 Å². The second-order valence-corrected chi connectivity index (χ2v) is 6.47. The SMILES string of the molecule is O=C(C(=N/N=C/c1c(O)ccc2ccccc12)c1ccccc1)c1ccccc1. The molecule has 0 fully saturated rings. The smallest absolute Gasteiger partial charge is 0.213 e. The summed E-state index contributed by atoms with van der Waals surface area (Å²) in [5, 5.41) is 20.5. The molecule has 0 atom stereocenters. The minimum absolute atomic E-state index is 0.110. The number of hydrogen-bond acceptors (Lipinski definition) is 4. The van der Waals surface area contributed by atoms with E-state index in [2.05, 4.69) is 10.2 Å². The van der Waals surface area contributed by atoms with Crippen LogP contribution in [0.4, 0.5) is 0 Å². The summed E-state index contributed by atoms with van der Waals surface area (Å²) in [4.78, 5) is 13.0. The Kier molecular flexibility index (Phi) is 5.25. The van der Waals surface area contributed by atoms with E-state index >= 15 is 0 Å². The van der Waals surface area contributed by atoms with Crippen molar-refractivity contribution in [2.75, 3.05) is 0 Å². The van der Waals surface area contributed by atoms with Gasteiger partial charge in [-0.2, -0.15) is 5.10 Å². The summed E-state index contributed by atoms with van der Waals surface area (Å²) in [6.07, 6.45) is 1.48. The number of benzene rings is 4. The molecule has 4 rings (SSSR count). The monoisotopic (exact) mass is 378 g/mol. The van der Waals surface area contributed by atoms with Gasteiger partial charge in [0.05, 0.1) is 6.21 Å². The van der Waals surface area contributed by atoms with Crippen molar-refractivity contribution >= 4 is 28.5 Å². The van der Waals surface area contributed by atoms with Gasteiger partial charge >= 0.3 is 0 Å². The van der Waals surface area contributed by atoms with Gasteiger partial charge in [-0.25, -0.2) is 0 Å². The average molecular weight is 378 g/mol. The number of Topliss-reactive ketones (excluding diaryl/α,β-unsaturated/α-hetero) is 1. The second kappa shape index (κ2) is 8.31. The quantitative estimate of drug-likeness (QED) is 0.293. The molecule has 1 N–H and O–H groups in total. The van der Waals surface area contributed by atoms with Crippen LogP contribution in [0.1, 0.15) is 21.5 Å². The molecule has 4 aromatic rings. The molecule has 0 amide bonds. The number of rotatable bonds is 5. The van der Waals surface area contributed by atoms with Crippen LogP contribution in [-0.4, -0.2) is 22.8 Å². The summed E-state index contributed by atoms with van der Waals surface area (Å²) < 4.78 is 0. The van der Waals surface area contributed by atoms with Gasteiger partial charge in [0.25, 0.3) is 0 Å². The minimum atomic E-state index is -0.212. The molecule has 4 heteroatoms. The number of carbonyl (C=O) groups excluding carboxylic acids is 1. The van der Waals surface area contributed by atoms with E-state index in [1.54, 1.807) is 18.2 Å². The zero-order chi connectivity index (χ0) is 20.1. The van der Waals surface area contributed by atoms with Crippen LogP contribution in [0.25, 0.3) is 10.8 Å². The van der Waals surface area contributed by atoms with E-state index in [1.165, 1.54) is 6.21 Å². The van der Waals surface area contributed by atoms with Crippen LogP contribution in [-0.2, 0) is 0 Å². The third-order valence-corrected chi connectivity index (χ3v) is 4.59. The molecule has 4 aromatic carbocycles. The molecular formula is C25H18N2O2. The first-order valence-corrected chi connectivity index (χ1v) is 9.21. The Bertz CT molecular complexity index is 1210. The van der Waals surface area contributed by atoms with Crippen molar-refractivity contribution in [3.8, 4) is 5.75 Å². The molecule has 0 radical (unpaired) electrons. The fourth-order valence-electron chi connectivity index (χ4n) is 3.12. The van der Waals surface area contributed by atoms with E-state index < -0.39 is 0 Å². The molecule has 4 nitrogen and oxygen atoms in total. The highest BCUT2D eigenvalue weighted by Gasteiger charge is 2.16. The number of hydrogen-bond donors (Lipinski definition) is 1. The number of fused-ring (bicyclic) bond motifs is 1. The molecule has 0 heterocycles. The van der Waals surface area contributed by atoms with Crippen LogP contribution < -0.4 is 0 Å². The van der Waals surface area contributed by atoms with Crippen LogP contribution in [0.5, 0.6) is 5.75 Å². The Morgan fingerprint density at radius 3 is 2.07 bits per heavy atom. The molecule has 0 aliphatic rings. The first-order valence-electron chi connectivity index (χ1n) is 9.21. The first kappa shape index (κ1) is 18.3. The molecule has 0 saturated heterocycles. The van der Waals surface area contributed by atoms with Gasteiger partial charge in [0, 0.05) is 16.7 Å². The van der Waals surface area contributed by atoms with Gasteiger partial charge < -0.3 is 5.11 Å². The number of nitrogens with zero attached hydrogens (tertiary/aromatic N) is 2. The van der Waals surface area contributed by atoms with Crippen LogP contribution in [0.2, 0.25) is 0 Å². The molecule has 0 spiro atoms. The lowest BCUT2D eigenvalue weighted by Gasteiger charge is -2.05. The third-order valence-electron chi connectivity index (χ3n) is 4.59. The summed E-state index contributed by atoms with van der Waals surface area (Å²) in [7, 11) is 0. The molecule has 0 unspecified atom stereocenters. The maximum absolute atomic E-state index is 13.0. The van der Waals surface area contributed by atoms with Crippen molar-refractivity contribution < 1.29 is 9.90 Å². The van der Waals surface area contributed by atoms with Gasteiger partial charge in [-0.3, -0.25) is 4.79 Å². The van der Waals surface area contributed by atoms with Gasteiger partial charge in [0.2, 0.25) is 5.78 Å². The third kappa shape index (κ3) is 3.96. The Labute approximate surface area is 168 Å². The topological polar surface area (TPSA) is 62.0 Å². The van der Waals surface area contributed by atoms with Crippen molar-refractivity contribution in [3.05, 3.63) is 114 Å². The Hall–Kier alpha value is -4.05. The lowest BCUT2D eigenvalue weighted by molar-refractivity contribution is 0.106. The van der Waals surface area contributed by atoms with E-state index in [0.29, 0.717) is 16.7 Å². The molecule has 0 saturated carbocycles. The van der Waals surface area contributed by atoms with Crippen LogP contribution in [0, 0.1) is 0 Å². The van der Waals surface area contributed by atoms with Crippen molar-refractivity contribution in [1.82, 2.24) is 0 Å². The van der Waals surface area contributed by atoms with E-state index in [4.69, 9.17) is 0 Å². The van der Waals surface area contributed by atoms with E-state index in [-0.39, 0.29) is 17.2 Å². The number of ketones is 1. The van der Waals surface area contributed by atoms with Gasteiger partial charge in [-0.05, 0) is 16.8 Å². The lowest BCUT2D eigenvalue weighted by Crippen LogP contribution is -2.15. The lowest BCUT2D eigenvalue weighted by atomic mass is 10.0. The van der Waals surface area contributed by atoms with Crippen LogP contribution in [0.15, 0.2) is 107 Å². The maximum Gasteiger partial charge on any atom is 0.213 e. The average Bonchev–Trinajstić information content (AvgIpc) is 2.79. The van der Waals surface area contributed by atoms with Crippen molar-refractivity contribution in [1.29, 1.82) is 0 Å². The number of phenolic OH excluding ortho intramolecular Hbond substituents is 1. The zero-order valence-electron chi connectivity index (χ0n) is 15.6. The van der Waals surface area contributed by atoms with Gasteiger partial charge in [-0.15, -0.1) is 5.10 Å². The van der Waals surface area contributed by atoms with Gasteiger partial charge in [-0.1, -0.05) is 91.0 Å². The highest BCUT2D eigenvalue weighted by molar-refractivity contribution is 6.51. The largest absolute Gasteiger partial charge is 0.507 e. The van der Waals surface area contributed by atoms with E-state index in [0.717, 1.165) is 10.8 Å². The minimum Gasteiger partial charge on any atom is -0.507 e. The fourth-order valence-corrected chi connectivity index (χ4v) is 3.12. The Morgan fingerprint density at radius 2 is 1.34 bits per heavy atom. The normalized spacial score (nSPS) is 11.8. The number of phenols is 1. The second-order valence-electron chi connectivity index (χ2n) is 6.47. The molecule has 0 aliphatic heterocycles. The summed E-state index contributed by atoms with van der Waals surface area (Å²) in [6.45, 7) is 0. The molecule has 140 valence electrons. The predicted octanol–water partition coefficient (Wildman–Crippen LogP) is 5.25. The molecule has 29 heavy (non-hydrogen) atoms. The number of carbonyl (C=O) groups is 1. The van der Waals surface area contributed by atoms with E-state index in [1.807, 2.05) is 78.9 Å². The highest BCUT2D eigenvalue weighted by Crippen LogP contribution is 2.25. The summed E-state index contributed by atoms with van der Waals surface area (Å²) in [6, 6.07) is 29.4. The molecular weight excluding hydrogens is 360 g/mol. The maximum atomic E-state index is 13.0. The van der Waals surface area contributed by atoms with Crippen molar-refractivity contribution in [2.45, 2.75) is 0 Å². The predicted molar refractivity (Wildman–Crippen MR) is 117 cm³/mol. The Balaban J connectivity index is 1.77. The standard InChI is InChI=1S/C25H18N2O2/c28-23-16-15-18-9-7-8-14-21(18)22(23)17-26-27-24(19-10-3-1-4-11-19)25(29)20-12-5-2-6-13-20/h1-17,28H/b26-17+,27-24?. The van der Waals surface area contributed by atoms with Gasteiger partial charge in [0.15, 0.2) is 0 Å².